The van der Waals surface area contributed by atoms with Gasteiger partial charge in [-0.2, -0.15) is 0 Å². The quantitative estimate of drug-likeness (QED) is 0.834. The number of hydrogen-bond donors (Lipinski definition) is 1. The Balaban J connectivity index is 1.95. The van der Waals surface area contributed by atoms with Crippen LogP contribution >= 0.6 is 0 Å². The summed E-state index contributed by atoms with van der Waals surface area (Å²) in [7, 11) is 0. The lowest BCUT2D eigenvalue weighted by atomic mass is 10.2. The molecule has 16 heavy (non-hydrogen) atoms. The number of hydrogen-bond acceptors (Lipinski definition) is 2. The maximum atomic E-state index is 11.8. The maximum absolute atomic E-state index is 11.8. The van der Waals surface area contributed by atoms with Crippen LogP contribution in [0.15, 0.2) is 18.5 Å². The Labute approximate surface area is 95.5 Å². The summed E-state index contributed by atoms with van der Waals surface area (Å²) in [6, 6.07) is 1.85. The molecule has 1 atom stereocenters. The van der Waals surface area contributed by atoms with Crippen LogP contribution in [0, 0.1) is 0 Å². The van der Waals surface area contributed by atoms with Crippen LogP contribution in [0.4, 0.5) is 0 Å². The molecule has 0 aliphatic carbocycles. The summed E-state index contributed by atoms with van der Waals surface area (Å²) in [4.78, 5) is 13.7. The molecule has 1 unspecified atom stereocenters. The van der Waals surface area contributed by atoms with Gasteiger partial charge >= 0.3 is 0 Å². The predicted molar refractivity (Wildman–Crippen MR) is 60.9 cm³/mol. The highest BCUT2D eigenvalue weighted by Gasteiger charge is 2.17. The molecule has 88 valence electrons. The first-order chi connectivity index (χ1) is 7.66. The molecule has 0 spiro atoms. The molecule has 1 aliphatic rings. The summed E-state index contributed by atoms with van der Waals surface area (Å²) >= 11 is 0. The van der Waals surface area contributed by atoms with Gasteiger partial charge in [0.15, 0.2) is 0 Å². The number of rotatable bonds is 3. The van der Waals surface area contributed by atoms with Gasteiger partial charge in [-0.05, 0) is 31.4 Å². The molecule has 0 aromatic carbocycles. The van der Waals surface area contributed by atoms with E-state index in [2.05, 4.69) is 0 Å². The summed E-state index contributed by atoms with van der Waals surface area (Å²) in [6.45, 7) is 3.89. The van der Waals surface area contributed by atoms with Crippen LogP contribution in [0.25, 0.3) is 0 Å². The average molecular weight is 222 g/mol. The Morgan fingerprint density at radius 2 is 2.19 bits per heavy atom. The fourth-order valence-corrected chi connectivity index (χ4v) is 2.03. The zero-order valence-electron chi connectivity index (χ0n) is 9.59. The molecular formula is C12H18N2O2. The first-order valence-corrected chi connectivity index (χ1v) is 5.78. The van der Waals surface area contributed by atoms with Crippen molar-refractivity contribution in [2.24, 2.45) is 0 Å². The molecule has 1 aliphatic heterocycles. The highest BCUT2D eigenvalue weighted by Crippen LogP contribution is 2.13. The largest absolute Gasteiger partial charge is 0.389 e. The number of aliphatic hydroxyl groups excluding tert-OH is 1. The van der Waals surface area contributed by atoms with Crippen molar-refractivity contribution in [1.82, 2.24) is 9.47 Å². The van der Waals surface area contributed by atoms with Crippen LogP contribution in [0.2, 0.25) is 0 Å². The van der Waals surface area contributed by atoms with Crippen LogP contribution < -0.4 is 0 Å². The Morgan fingerprint density at radius 1 is 1.50 bits per heavy atom. The van der Waals surface area contributed by atoms with Crippen molar-refractivity contribution in [3.8, 4) is 0 Å². The number of aromatic nitrogens is 1. The minimum atomic E-state index is -0.469. The van der Waals surface area contributed by atoms with E-state index in [1.54, 1.807) is 6.92 Å². The van der Waals surface area contributed by atoms with Gasteiger partial charge in [-0.3, -0.25) is 4.79 Å². The van der Waals surface area contributed by atoms with Crippen LogP contribution in [-0.4, -0.2) is 33.6 Å². The van der Waals surface area contributed by atoms with Gasteiger partial charge in [0, 0.05) is 25.5 Å². The van der Waals surface area contributed by atoms with Crippen molar-refractivity contribution in [3.05, 3.63) is 24.0 Å². The Hall–Kier alpha value is -1.29. The minimum Gasteiger partial charge on any atom is -0.389 e. The molecule has 1 saturated heterocycles. The number of likely N-dealkylation sites (tertiary alicyclic amines) is 1. The molecule has 2 rings (SSSR count). The molecule has 0 bridgehead atoms. The second-order valence-electron chi connectivity index (χ2n) is 4.38. The Morgan fingerprint density at radius 3 is 2.75 bits per heavy atom. The van der Waals surface area contributed by atoms with E-state index in [9.17, 15) is 9.90 Å². The van der Waals surface area contributed by atoms with Crippen molar-refractivity contribution in [3.63, 3.8) is 0 Å². The first-order valence-electron chi connectivity index (χ1n) is 5.78. The number of amides is 1. The molecule has 1 aromatic heterocycles. The summed E-state index contributed by atoms with van der Waals surface area (Å²) in [5.41, 5.74) is 0.856. The minimum absolute atomic E-state index is 0.172. The molecule has 4 nitrogen and oxygen atoms in total. The van der Waals surface area contributed by atoms with Crippen molar-refractivity contribution >= 4 is 5.91 Å². The molecule has 0 saturated carbocycles. The van der Waals surface area contributed by atoms with E-state index < -0.39 is 6.10 Å². The van der Waals surface area contributed by atoms with Gasteiger partial charge in [-0.15, -0.1) is 0 Å². The second kappa shape index (κ2) is 4.70. The number of aliphatic hydroxyl groups is 1. The van der Waals surface area contributed by atoms with Crippen LogP contribution in [0.1, 0.15) is 31.4 Å². The van der Waals surface area contributed by atoms with Gasteiger partial charge in [0.25, 0.3) is 0 Å². The van der Waals surface area contributed by atoms with Crippen LogP contribution in [-0.2, 0) is 11.3 Å². The van der Waals surface area contributed by atoms with Crippen molar-refractivity contribution in [2.45, 2.75) is 32.4 Å². The lowest BCUT2D eigenvalue weighted by molar-refractivity contribution is -0.130. The predicted octanol–water partition coefficient (Wildman–Crippen LogP) is 1.16. The molecule has 1 fully saturated rings. The molecule has 1 N–H and O–H groups in total. The lowest BCUT2D eigenvalue weighted by Crippen LogP contribution is -2.30. The summed E-state index contributed by atoms with van der Waals surface area (Å²) in [5.74, 6) is 0.172. The van der Waals surface area contributed by atoms with E-state index in [0.29, 0.717) is 6.54 Å². The molecular weight excluding hydrogens is 204 g/mol. The first kappa shape index (κ1) is 11.2. The normalized spacial score (nSPS) is 17.8. The Bertz CT molecular complexity index is 365. The third kappa shape index (κ3) is 2.44. The van der Waals surface area contributed by atoms with Gasteiger partial charge < -0.3 is 14.6 Å². The number of carbonyl (C=O) groups excluding carboxylic acids is 1. The second-order valence-corrected chi connectivity index (χ2v) is 4.38. The average Bonchev–Trinajstić information content (AvgIpc) is 2.87. The maximum Gasteiger partial charge on any atom is 0.242 e. The van der Waals surface area contributed by atoms with E-state index in [-0.39, 0.29) is 5.91 Å². The number of carbonyl (C=O) groups is 1. The topological polar surface area (TPSA) is 45.5 Å². The molecule has 1 amide bonds. The highest BCUT2D eigenvalue weighted by molar-refractivity contribution is 5.76. The van der Waals surface area contributed by atoms with Crippen LogP contribution in [0.5, 0.6) is 0 Å². The SMILES string of the molecule is CC(O)c1ccn(CC(=O)N2CCCC2)c1. The lowest BCUT2D eigenvalue weighted by Gasteiger charge is -2.15. The Kier molecular flexibility index (Phi) is 3.29. The van der Waals surface area contributed by atoms with E-state index in [4.69, 9.17) is 0 Å². The van der Waals surface area contributed by atoms with E-state index in [0.717, 1.165) is 31.5 Å². The monoisotopic (exact) mass is 222 g/mol. The van der Waals surface area contributed by atoms with E-state index >= 15 is 0 Å². The van der Waals surface area contributed by atoms with Crippen molar-refractivity contribution in [1.29, 1.82) is 0 Å². The zero-order valence-corrected chi connectivity index (χ0v) is 9.59. The van der Waals surface area contributed by atoms with Gasteiger partial charge in [0.05, 0.1) is 6.10 Å². The fourth-order valence-electron chi connectivity index (χ4n) is 2.03. The van der Waals surface area contributed by atoms with Gasteiger partial charge in [0.2, 0.25) is 5.91 Å². The molecule has 2 heterocycles. The van der Waals surface area contributed by atoms with E-state index in [1.807, 2.05) is 27.9 Å². The smallest absolute Gasteiger partial charge is 0.242 e. The zero-order chi connectivity index (χ0) is 11.5. The third-order valence-electron chi connectivity index (χ3n) is 3.03. The van der Waals surface area contributed by atoms with Gasteiger partial charge in [-0.25, -0.2) is 0 Å². The summed E-state index contributed by atoms with van der Waals surface area (Å²) < 4.78 is 1.84. The molecule has 4 heteroatoms. The highest BCUT2D eigenvalue weighted by atomic mass is 16.3. The van der Waals surface area contributed by atoms with Gasteiger partial charge in [0.1, 0.15) is 6.54 Å². The number of nitrogens with zero attached hydrogens (tertiary/aromatic N) is 2. The van der Waals surface area contributed by atoms with E-state index in [1.165, 1.54) is 0 Å². The third-order valence-corrected chi connectivity index (χ3v) is 3.03. The standard InChI is InChI=1S/C12H18N2O2/c1-10(15)11-4-7-13(8-11)9-12(16)14-5-2-3-6-14/h4,7-8,10,15H,2-3,5-6,9H2,1H3. The van der Waals surface area contributed by atoms with Gasteiger partial charge in [-0.1, -0.05) is 0 Å². The summed E-state index contributed by atoms with van der Waals surface area (Å²) in [6.07, 6.45) is 5.45. The van der Waals surface area contributed by atoms with Crippen molar-refractivity contribution in [2.75, 3.05) is 13.1 Å². The fraction of sp³-hybridized carbons (Fsp3) is 0.583. The van der Waals surface area contributed by atoms with Crippen molar-refractivity contribution < 1.29 is 9.90 Å². The molecule has 1 aromatic rings. The summed E-state index contributed by atoms with van der Waals surface area (Å²) in [5, 5.41) is 9.37. The van der Waals surface area contributed by atoms with Crippen LogP contribution in [0.3, 0.4) is 0 Å². The molecule has 0 radical (unpaired) electrons.